The molecule has 3 heteroatoms. The van der Waals surface area contributed by atoms with Gasteiger partial charge in [-0.3, -0.25) is 4.79 Å². The second-order valence-electron chi connectivity index (χ2n) is 6.49. The summed E-state index contributed by atoms with van der Waals surface area (Å²) in [4.78, 5) is 13.5. The number of Topliss-reactive ketones (excluding diaryl/α,β-unsaturated/α-hetero) is 1. The van der Waals surface area contributed by atoms with Gasteiger partial charge >= 0.3 is 0 Å². The summed E-state index contributed by atoms with van der Waals surface area (Å²) in [5.41, 5.74) is 1.64. The van der Waals surface area contributed by atoms with Crippen LogP contribution >= 0.6 is 15.9 Å². The van der Waals surface area contributed by atoms with Crippen molar-refractivity contribution in [2.45, 2.75) is 22.8 Å². The van der Waals surface area contributed by atoms with Gasteiger partial charge in [0.1, 0.15) is 0 Å². The molecule has 4 atom stereocenters. The minimum Gasteiger partial charge on any atom is -0.380 e. The molecule has 23 heavy (non-hydrogen) atoms. The van der Waals surface area contributed by atoms with E-state index in [0.717, 1.165) is 17.5 Å². The fraction of sp³-hybridized carbons (Fsp3) is 0.350. The van der Waals surface area contributed by atoms with Crippen molar-refractivity contribution in [3.63, 3.8) is 0 Å². The minimum atomic E-state index is -0.547. The zero-order valence-electron chi connectivity index (χ0n) is 13.0. The van der Waals surface area contributed by atoms with Crippen LogP contribution in [0.4, 0.5) is 0 Å². The van der Waals surface area contributed by atoms with Gasteiger partial charge in [0, 0.05) is 23.8 Å². The van der Waals surface area contributed by atoms with Crippen molar-refractivity contribution in [2.75, 3.05) is 7.11 Å². The molecule has 2 nitrogen and oxygen atoms in total. The lowest BCUT2D eigenvalue weighted by Gasteiger charge is -2.52. The van der Waals surface area contributed by atoms with E-state index in [1.807, 2.05) is 36.4 Å². The average Bonchev–Trinajstić information content (AvgIpc) is 2.91. The number of rotatable bonds is 3. The van der Waals surface area contributed by atoms with E-state index in [1.54, 1.807) is 7.11 Å². The van der Waals surface area contributed by atoms with Crippen molar-refractivity contribution in [1.82, 2.24) is 0 Å². The topological polar surface area (TPSA) is 26.3 Å². The highest BCUT2D eigenvalue weighted by Gasteiger charge is 2.69. The van der Waals surface area contributed by atoms with Gasteiger partial charge < -0.3 is 4.74 Å². The molecular weight excluding hydrogens is 352 g/mol. The maximum atomic E-state index is 13.3. The number of halogens is 1. The molecule has 2 aromatic carbocycles. The molecule has 2 fully saturated rings. The van der Waals surface area contributed by atoms with Crippen LogP contribution in [0.2, 0.25) is 0 Å². The molecule has 0 aromatic heterocycles. The summed E-state index contributed by atoms with van der Waals surface area (Å²) in [6, 6.07) is 20.4. The first-order valence-corrected chi connectivity index (χ1v) is 8.95. The number of carbonyl (C=O) groups excluding carboxylic acids is 1. The Hall–Kier alpha value is -1.45. The number of carbonyl (C=O) groups is 1. The van der Waals surface area contributed by atoms with Gasteiger partial charge in [0.25, 0.3) is 0 Å². The summed E-state index contributed by atoms with van der Waals surface area (Å²) in [7, 11) is 1.74. The Labute approximate surface area is 145 Å². The lowest BCUT2D eigenvalue weighted by Crippen LogP contribution is -2.61. The second-order valence-corrected chi connectivity index (χ2v) is 7.55. The Morgan fingerprint density at radius 2 is 1.52 bits per heavy atom. The highest BCUT2D eigenvalue weighted by atomic mass is 79.9. The van der Waals surface area contributed by atoms with Crippen LogP contribution in [-0.4, -0.2) is 23.8 Å². The van der Waals surface area contributed by atoms with Crippen LogP contribution in [0.15, 0.2) is 60.7 Å². The minimum absolute atomic E-state index is 0.0877. The molecule has 0 saturated heterocycles. The van der Waals surface area contributed by atoms with Gasteiger partial charge in [0.15, 0.2) is 5.78 Å². The smallest absolute Gasteiger partial charge is 0.151 e. The predicted molar refractivity (Wildman–Crippen MR) is 93.8 cm³/mol. The lowest BCUT2D eigenvalue weighted by atomic mass is 9.48. The fourth-order valence-corrected chi connectivity index (χ4v) is 5.81. The highest BCUT2D eigenvalue weighted by Crippen LogP contribution is 2.62. The largest absolute Gasteiger partial charge is 0.380 e. The average molecular weight is 371 g/mol. The number of benzene rings is 2. The van der Waals surface area contributed by atoms with Crippen molar-refractivity contribution in [3.8, 4) is 0 Å². The number of ketones is 1. The maximum Gasteiger partial charge on any atom is 0.151 e. The summed E-state index contributed by atoms with van der Waals surface area (Å²) in [5.74, 6) is 0.665. The van der Waals surface area contributed by atoms with Crippen LogP contribution in [0.3, 0.4) is 0 Å². The van der Waals surface area contributed by atoms with E-state index in [0.29, 0.717) is 5.78 Å². The van der Waals surface area contributed by atoms with Gasteiger partial charge in [-0.15, -0.1) is 0 Å². The third-order valence-electron chi connectivity index (χ3n) is 5.60. The third-order valence-corrected chi connectivity index (χ3v) is 6.76. The molecule has 0 bridgehead atoms. The first kappa shape index (κ1) is 15.1. The third kappa shape index (κ3) is 1.93. The molecule has 0 radical (unpaired) electrons. The van der Waals surface area contributed by atoms with Crippen molar-refractivity contribution in [3.05, 3.63) is 71.8 Å². The summed E-state index contributed by atoms with van der Waals surface area (Å²) < 4.78 is 5.62. The Kier molecular flexibility index (Phi) is 3.66. The Morgan fingerprint density at radius 3 is 2.00 bits per heavy atom. The molecule has 2 aliphatic carbocycles. The zero-order chi connectivity index (χ0) is 16.0. The van der Waals surface area contributed by atoms with E-state index in [1.165, 1.54) is 0 Å². The van der Waals surface area contributed by atoms with E-state index in [4.69, 9.17) is 4.74 Å². The lowest BCUT2D eigenvalue weighted by molar-refractivity contribution is -0.141. The van der Waals surface area contributed by atoms with Gasteiger partial charge in [-0.2, -0.15) is 0 Å². The van der Waals surface area contributed by atoms with E-state index >= 15 is 0 Å². The summed E-state index contributed by atoms with van der Waals surface area (Å²) in [6.07, 6.45) is 0.917. The van der Waals surface area contributed by atoms with E-state index in [-0.39, 0.29) is 22.8 Å². The second kappa shape index (κ2) is 5.57. The molecule has 118 valence electrons. The zero-order valence-corrected chi connectivity index (χ0v) is 14.6. The number of hydrogen-bond acceptors (Lipinski definition) is 2. The van der Waals surface area contributed by atoms with Gasteiger partial charge in [-0.1, -0.05) is 76.6 Å². The van der Waals surface area contributed by atoms with Crippen LogP contribution in [0, 0.1) is 11.8 Å². The normalized spacial score (nSPS) is 31.5. The maximum absolute atomic E-state index is 13.3. The number of alkyl halides is 1. The number of hydrogen-bond donors (Lipinski definition) is 0. The number of ether oxygens (including phenoxy) is 1. The van der Waals surface area contributed by atoms with Crippen LogP contribution in [-0.2, 0) is 14.9 Å². The Bertz CT molecular complexity index is 673. The molecule has 0 unspecified atom stereocenters. The highest BCUT2D eigenvalue weighted by molar-refractivity contribution is 9.09. The molecule has 2 aliphatic rings. The van der Waals surface area contributed by atoms with Gasteiger partial charge in [-0.05, 0) is 17.5 Å². The quantitative estimate of drug-likeness (QED) is 0.764. The standard InChI is InChI=1S/C20H19BrO2/c1-23-16-12-15-17(18(16)21)20(19(15)22,13-8-4-2-5-9-13)14-10-6-3-7-11-14/h2-11,15-18H,12H2,1H3/t15-,16-,17-,18+/m0/s1. The molecule has 0 heterocycles. The van der Waals surface area contributed by atoms with Crippen molar-refractivity contribution in [1.29, 1.82) is 0 Å². The van der Waals surface area contributed by atoms with Gasteiger partial charge in [0.05, 0.1) is 11.5 Å². The molecule has 2 aromatic rings. The predicted octanol–water partition coefficient (Wildman–Crippen LogP) is 3.97. The van der Waals surface area contributed by atoms with Gasteiger partial charge in [-0.25, -0.2) is 0 Å². The van der Waals surface area contributed by atoms with Crippen LogP contribution in [0.5, 0.6) is 0 Å². The molecule has 0 spiro atoms. The first-order valence-electron chi connectivity index (χ1n) is 8.03. The summed E-state index contributed by atoms with van der Waals surface area (Å²) in [6.45, 7) is 0. The van der Waals surface area contributed by atoms with Crippen LogP contribution in [0.1, 0.15) is 17.5 Å². The summed E-state index contributed by atoms with van der Waals surface area (Å²) in [5, 5.41) is 0. The van der Waals surface area contributed by atoms with E-state index in [9.17, 15) is 4.79 Å². The molecule has 0 N–H and O–H groups in total. The van der Waals surface area contributed by atoms with Gasteiger partial charge in [0.2, 0.25) is 0 Å². The van der Waals surface area contributed by atoms with Crippen molar-refractivity contribution >= 4 is 21.7 Å². The molecular formula is C20H19BrO2. The van der Waals surface area contributed by atoms with E-state index < -0.39 is 5.41 Å². The fourth-order valence-electron chi connectivity index (χ4n) is 4.62. The monoisotopic (exact) mass is 370 g/mol. The number of fused-ring (bicyclic) bond motifs is 1. The SMILES string of the molecule is CO[C@H]1C[C@@H]2C(=O)C(c3ccccc3)(c3ccccc3)[C@@H]2[C@@H]1Br. The molecule has 2 saturated carbocycles. The summed E-state index contributed by atoms with van der Waals surface area (Å²) >= 11 is 3.84. The molecule has 4 rings (SSSR count). The molecule has 0 amide bonds. The van der Waals surface area contributed by atoms with Crippen molar-refractivity contribution in [2.24, 2.45) is 11.8 Å². The van der Waals surface area contributed by atoms with Crippen molar-refractivity contribution < 1.29 is 9.53 Å². The Morgan fingerprint density at radius 1 is 1.00 bits per heavy atom. The van der Waals surface area contributed by atoms with Crippen LogP contribution in [0.25, 0.3) is 0 Å². The molecule has 0 aliphatic heterocycles. The number of methoxy groups -OCH3 is 1. The Balaban J connectivity index is 1.90. The first-order chi connectivity index (χ1) is 11.2. The van der Waals surface area contributed by atoms with Crippen LogP contribution < -0.4 is 0 Å². The van der Waals surface area contributed by atoms with E-state index in [2.05, 4.69) is 40.2 Å².